The van der Waals surface area contributed by atoms with E-state index in [9.17, 15) is 5.26 Å². The molecule has 0 saturated heterocycles. The number of nitrogen functional groups attached to an aromatic ring is 1. The zero-order valence-corrected chi connectivity index (χ0v) is 12.0. The molecule has 0 aliphatic carbocycles. The van der Waals surface area contributed by atoms with Crippen LogP contribution in [0.3, 0.4) is 0 Å². The first kappa shape index (κ1) is 13.9. The fourth-order valence-corrected chi connectivity index (χ4v) is 2.08. The van der Waals surface area contributed by atoms with E-state index < -0.39 is 0 Å². The van der Waals surface area contributed by atoms with Gasteiger partial charge in [0.15, 0.2) is 11.6 Å². The van der Waals surface area contributed by atoms with Crippen molar-refractivity contribution in [3.05, 3.63) is 29.5 Å². The minimum Gasteiger partial charge on any atom is -0.382 e. The smallest absolute Gasteiger partial charge is 0.171 e. The lowest BCUT2D eigenvalue weighted by Gasteiger charge is -2.17. The molecule has 0 unspecified atom stereocenters. The van der Waals surface area contributed by atoms with Crippen LogP contribution in [0.5, 0.6) is 0 Å². The van der Waals surface area contributed by atoms with E-state index in [2.05, 4.69) is 16.2 Å². The van der Waals surface area contributed by atoms with Gasteiger partial charge in [-0.1, -0.05) is 0 Å². The number of nitrogens with zero attached hydrogens (tertiary/aromatic N) is 5. The van der Waals surface area contributed by atoms with Crippen LogP contribution < -0.4 is 10.6 Å². The molecular formula is C14H18N6. The maximum absolute atomic E-state index is 9.32. The topological polar surface area (TPSA) is 83.8 Å². The maximum atomic E-state index is 9.32. The lowest BCUT2D eigenvalue weighted by Crippen LogP contribution is -2.23. The lowest BCUT2D eigenvalue weighted by molar-refractivity contribution is 0.797. The molecule has 2 heterocycles. The summed E-state index contributed by atoms with van der Waals surface area (Å²) in [5, 5.41) is 13.8. The normalized spacial score (nSPS) is 10.3. The van der Waals surface area contributed by atoms with E-state index in [0.717, 1.165) is 18.7 Å². The van der Waals surface area contributed by atoms with Crippen LogP contribution in [0.25, 0.3) is 5.82 Å². The zero-order chi connectivity index (χ0) is 14.7. The van der Waals surface area contributed by atoms with Gasteiger partial charge in [-0.3, -0.25) is 0 Å². The molecule has 104 valence electrons. The van der Waals surface area contributed by atoms with Crippen molar-refractivity contribution in [2.24, 2.45) is 0 Å². The molecule has 2 N–H and O–H groups in total. The van der Waals surface area contributed by atoms with Gasteiger partial charge >= 0.3 is 0 Å². The number of nitrogens with two attached hydrogens (primary N) is 1. The van der Waals surface area contributed by atoms with Gasteiger partial charge in [0.1, 0.15) is 17.5 Å². The Hall–Kier alpha value is -2.55. The second-order valence-corrected chi connectivity index (χ2v) is 4.47. The van der Waals surface area contributed by atoms with Crippen LogP contribution in [0.1, 0.15) is 25.0 Å². The van der Waals surface area contributed by atoms with Crippen LogP contribution in [0.4, 0.5) is 11.6 Å². The van der Waals surface area contributed by atoms with Gasteiger partial charge in [0, 0.05) is 19.3 Å². The van der Waals surface area contributed by atoms with E-state index in [-0.39, 0.29) is 0 Å². The van der Waals surface area contributed by atoms with Gasteiger partial charge in [-0.2, -0.15) is 9.94 Å². The first-order chi connectivity index (χ1) is 9.62. The predicted molar refractivity (Wildman–Crippen MR) is 78.8 cm³/mol. The van der Waals surface area contributed by atoms with Gasteiger partial charge in [-0.25, -0.2) is 4.98 Å². The molecule has 0 fully saturated rings. The lowest BCUT2D eigenvalue weighted by atomic mass is 10.3. The quantitative estimate of drug-likeness (QED) is 0.917. The van der Waals surface area contributed by atoms with Crippen LogP contribution in [-0.2, 0) is 0 Å². The second-order valence-electron chi connectivity index (χ2n) is 4.47. The Morgan fingerprint density at radius 1 is 1.40 bits per heavy atom. The van der Waals surface area contributed by atoms with Crippen LogP contribution in [0.15, 0.2) is 18.3 Å². The van der Waals surface area contributed by atoms with Crippen molar-refractivity contribution < 1.29 is 0 Å². The van der Waals surface area contributed by atoms with Gasteiger partial charge in [0.25, 0.3) is 0 Å². The average Bonchev–Trinajstić information content (AvgIpc) is 2.77. The van der Waals surface area contributed by atoms with E-state index in [1.165, 1.54) is 4.68 Å². The van der Waals surface area contributed by atoms with Gasteiger partial charge in [0.2, 0.25) is 0 Å². The summed E-state index contributed by atoms with van der Waals surface area (Å²) in [4.78, 5) is 6.26. The molecule has 0 spiro atoms. The Morgan fingerprint density at radius 3 is 2.65 bits per heavy atom. The summed E-state index contributed by atoms with van der Waals surface area (Å²) in [6.07, 6.45) is 1.70. The number of pyridine rings is 1. The van der Waals surface area contributed by atoms with Crippen molar-refractivity contribution in [1.29, 1.82) is 5.26 Å². The highest BCUT2D eigenvalue weighted by Gasteiger charge is 2.20. The van der Waals surface area contributed by atoms with Crippen molar-refractivity contribution in [2.75, 3.05) is 23.7 Å². The van der Waals surface area contributed by atoms with Crippen molar-refractivity contribution in [1.82, 2.24) is 14.8 Å². The summed E-state index contributed by atoms with van der Waals surface area (Å²) in [5.41, 5.74) is 7.52. The molecule has 0 aliphatic rings. The van der Waals surface area contributed by atoms with E-state index >= 15 is 0 Å². The SMILES string of the molecule is CCN(CC)c1nn(-c2cc(C)ccn2)c(N)c1C#N. The molecule has 0 aliphatic heterocycles. The molecule has 0 atom stereocenters. The molecule has 2 rings (SSSR count). The highest BCUT2D eigenvalue weighted by molar-refractivity contribution is 5.66. The Kier molecular flexibility index (Phi) is 3.89. The number of aromatic nitrogens is 3. The Bertz CT molecular complexity index is 648. The Balaban J connectivity index is 2.59. The largest absolute Gasteiger partial charge is 0.382 e. The third-order valence-corrected chi connectivity index (χ3v) is 3.20. The van der Waals surface area contributed by atoms with Crippen molar-refractivity contribution in [2.45, 2.75) is 20.8 Å². The molecular weight excluding hydrogens is 252 g/mol. The van der Waals surface area contributed by atoms with Crippen LogP contribution >= 0.6 is 0 Å². The highest BCUT2D eigenvalue weighted by atomic mass is 15.4. The molecule has 2 aromatic heterocycles. The fraction of sp³-hybridized carbons (Fsp3) is 0.357. The van der Waals surface area contributed by atoms with E-state index in [0.29, 0.717) is 23.0 Å². The van der Waals surface area contributed by atoms with E-state index in [4.69, 9.17) is 5.73 Å². The molecule has 6 heteroatoms. The minimum atomic E-state index is 0.326. The Morgan fingerprint density at radius 2 is 2.10 bits per heavy atom. The summed E-state index contributed by atoms with van der Waals surface area (Å²) in [6.45, 7) is 7.54. The summed E-state index contributed by atoms with van der Waals surface area (Å²) >= 11 is 0. The fourth-order valence-electron chi connectivity index (χ4n) is 2.08. The standard InChI is InChI=1S/C14H18N6/c1-4-19(5-2)14-11(9-15)13(16)20(18-14)12-8-10(3)6-7-17-12/h6-8H,4-5,16H2,1-3H3. The summed E-state index contributed by atoms with van der Waals surface area (Å²) < 4.78 is 1.53. The summed E-state index contributed by atoms with van der Waals surface area (Å²) in [7, 11) is 0. The monoisotopic (exact) mass is 270 g/mol. The van der Waals surface area contributed by atoms with Crippen LogP contribution in [0.2, 0.25) is 0 Å². The molecule has 0 saturated carbocycles. The van der Waals surface area contributed by atoms with Crippen LogP contribution in [0, 0.1) is 18.3 Å². The predicted octanol–water partition coefficient (Wildman–Crippen LogP) is 1.88. The molecule has 20 heavy (non-hydrogen) atoms. The first-order valence-corrected chi connectivity index (χ1v) is 6.58. The first-order valence-electron chi connectivity index (χ1n) is 6.58. The maximum Gasteiger partial charge on any atom is 0.171 e. The van der Waals surface area contributed by atoms with E-state index in [1.54, 1.807) is 6.20 Å². The van der Waals surface area contributed by atoms with Crippen molar-refractivity contribution >= 4 is 11.6 Å². The molecule has 0 amide bonds. The Labute approximate surface area is 118 Å². The third-order valence-electron chi connectivity index (χ3n) is 3.20. The van der Waals surface area contributed by atoms with E-state index in [1.807, 2.05) is 37.8 Å². The van der Waals surface area contributed by atoms with Crippen LogP contribution in [-0.4, -0.2) is 27.9 Å². The number of nitriles is 1. The van der Waals surface area contributed by atoms with Gasteiger partial charge < -0.3 is 10.6 Å². The van der Waals surface area contributed by atoms with Crippen molar-refractivity contribution in [3.8, 4) is 11.9 Å². The van der Waals surface area contributed by atoms with Gasteiger partial charge in [-0.15, -0.1) is 5.10 Å². The number of rotatable bonds is 4. The van der Waals surface area contributed by atoms with Crippen molar-refractivity contribution in [3.63, 3.8) is 0 Å². The summed E-state index contributed by atoms with van der Waals surface area (Å²) in [6, 6.07) is 5.93. The minimum absolute atomic E-state index is 0.326. The highest BCUT2D eigenvalue weighted by Crippen LogP contribution is 2.26. The molecule has 6 nitrogen and oxygen atoms in total. The molecule has 0 bridgehead atoms. The third kappa shape index (κ3) is 2.30. The second kappa shape index (κ2) is 5.61. The molecule has 0 aromatic carbocycles. The summed E-state index contributed by atoms with van der Waals surface area (Å²) in [5.74, 6) is 1.56. The number of hydrogen-bond donors (Lipinski definition) is 1. The molecule has 2 aromatic rings. The number of anilines is 2. The zero-order valence-electron chi connectivity index (χ0n) is 12.0. The van der Waals surface area contributed by atoms with Gasteiger partial charge in [-0.05, 0) is 38.5 Å². The number of aryl methyl sites for hydroxylation is 1. The molecule has 0 radical (unpaired) electrons. The van der Waals surface area contributed by atoms with Gasteiger partial charge in [0.05, 0.1) is 0 Å². The number of hydrogen-bond acceptors (Lipinski definition) is 5. The average molecular weight is 270 g/mol.